The van der Waals surface area contributed by atoms with Gasteiger partial charge in [-0.3, -0.25) is 9.69 Å². The lowest BCUT2D eigenvalue weighted by Gasteiger charge is -2.47. The van der Waals surface area contributed by atoms with Gasteiger partial charge in [0.15, 0.2) is 0 Å². The number of carbonyl (C=O) groups is 1. The number of nitrogens with zero attached hydrogens (tertiary/aromatic N) is 7. The predicted molar refractivity (Wildman–Crippen MR) is 152 cm³/mol. The molecule has 39 heavy (non-hydrogen) atoms. The summed E-state index contributed by atoms with van der Waals surface area (Å²) in [6, 6.07) is 8.47. The second-order valence-electron chi connectivity index (χ2n) is 10.1. The van der Waals surface area contributed by atoms with Crippen LogP contribution in [0.1, 0.15) is 56.1 Å². The van der Waals surface area contributed by atoms with Crippen LogP contribution in [0.3, 0.4) is 0 Å². The Hall–Kier alpha value is -3.24. The minimum atomic E-state index is 0.0921. The molecule has 0 aliphatic carbocycles. The number of aryl methyl sites for hydroxylation is 1. The van der Waals surface area contributed by atoms with Crippen molar-refractivity contribution in [1.82, 2.24) is 30.0 Å². The fourth-order valence-corrected chi connectivity index (χ4v) is 5.78. The average Bonchev–Trinajstić information content (AvgIpc) is 3.45. The van der Waals surface area contributed by atoms with Crippen LogP contribution in [0.4, 0.5) is 11.8 Å². The van der Waals surface area contributed by atoms with E-state index in [1.165, 1.54) is 0 Å². The zero-order valence-corrected chi connectivity index (χ0v) is 23.7. The van der Waals surface area contributed by atoms with Crippen molar-refractivity contribution < 1.29 is 9.21 Å². The number of aromatic nitrogens is 4. The Balaban J connectivity index is 1.22. The summed E-state index contributed by atoms with van der Waals surface area (Å²) in [7, 11) is 0. The lowest BCUT2D eigenvalue weighted by Crippen LogP contribution is -2.59. The zero-order chi connectivity index (χ0) is 27.4. The number of rotatable bonds is 8. The van der Waals surface area contributed by atoms with Crippen LogP contribution in [0.5, 0.6) is 0 Å². The van der Waals surface area contributed by atoms with E-state index in [0.717, 1.165) is 69.9 Å². The van der Waals surface area contributed by atoms with Crippen molar-refractivity contribution in [1.29, 1.82) is 0 Å². The number of hydrogen-bond acceptors (Lipinski definition) is 9. The Bertz CT molecular complexity index is 1260. The van der Waals surface area contributed by atoms with Crippen molar-refractivity contribution in [2.45, 2.75) is 58.5 Å². The van der Waals surface area contributed by atoms with E-state index in [0.29, 0.717) is 46.8 Å². The van der Waals surface area contributed by atoms with Crippen LogP contribution in [0.15, 0.2) is 34.9 Å². The highest BCUT2D eigenvalue weighted by molar-refractivity contribution is 6.30. The standard InChI is InChI=1S/C28H37ClN8O2/c1-4-21-18-36(25-23(5-2)32-24(17-31-25)26-33-34-28(39-26)30-6-3)15-16-37(21)22-11-13-35(14-12-22)27(38)19-7-9-20(29)10-8-19/h7-10,17,21-22H,4-6,11-16,18H2,1-3H3,(H,30,34)/t21-/m0/s1. The van der Waals surface area contributed by atoms with Gasteiger partial charge in [-0.2, -0.15) is 0 Å². The zero-order valence-electron chi connectivity index (χ0n) is 22.9. The van der Waals surface area contributed by atoms with Gasteiger partial charge in [-0.1, -0.05) is 30.5 Å². The Morgan fingerprint density at radius 3 is 2.54 bits per heavy atom. The quantitative estimate of drug-likeness (QED) is 0.436. The van der Waals surface area contributed by atoms with Crippen molar-refractivity contribution in [3.05, 3.63) is 46.7 Å². The molecule has 1 amide bonds. The number of amides is 1. The SMILES string of the molecule is CCNc1nnc(-c2cnc(N3CCN(C4CCN(C(=O)c5ccc(Cl)cc5)CC4)[C@@H](CC)C3)c(CC)n2)o1. The summed E-state index contributed by atoms with van der Waals surface area (Å²) < 4.78 is 5.68. The Labute approximate surface area is 234 Å². The average molecular weight is 553 g/mol. The van der Waals surface area contributed by atoms with Gasteiger partial charge in [0.1, 0.15) is 11.5 Å². The molecule has 11 heteroatoms. The maximum Gasteiger partial charge on any atom is 0.315 e. The van der Waals surface area contributed by atoms with Crippen molar-refractivity contribution in [3.63, 3.8) is 0 Å². The monoisotopic (exact) mass is 552 g/mol. The summed E-state index contributed by atoms with van der Waals surface area (Å²) >= 11 is 5.99. The fraction of sp³-hybridized carbons (Fsp3) is 0.536. The molecule has 1 aromatic carbocycles. The molecule has 0 spiro atoms. The van der Waals surface area contributed by atoms with Crippen LogP contribution in [0.25, 0.3) is 11.6 Å². The van der Waals surface area contributed by atoms with Gasteiger partial charge in [0, 0.05) is 61.9 Å². The van der Waals surface area contributed by atoms with Gasteiger partial charge in [-0.25, -0.2) is 9.97 Å². The third-order valence-corrected chi connectivity index (χ3v) is 7.99. The first kappa shape index (κ1) is 27.3. The third-order valence-electron chi connectivity index (χ3n) is 7.74. The van der Waals surface area contributed by atoms with E-state index in [9.17, 15) is 4.79 Å². The van der Waals surface area contributed by atoms with E-state index in [1.54, 1.807) is 18.3 Å². The van der Waals surface area contributed by atoms with E-state index in [4.69, 9.17) is 26.0 Å². The molecule has 2 saturated heterocycles. The molecule has 0 bridgehead atoms. The molecule has 3 aromatic rings. The lowest BCUT2D eigenvalue weighted by molar-refractivity contribution is 0.0490. The molecule has 0 unspecified atom stereocenters. The third kappa shape index (κ3) is 6.01. The van der Waals surface area contributed by atoms with Crippen LogP contribution in [0, 0.1) is 0 Å². The highest BCUT2D eigenvalue weighted by atomic mass is 35.5. The first-order chi connectivity index (χ1) is 19.0. The van der Waals surface area contributed by atoms with Crippen molar-refractivity contribution in [2.24, 2.45) is 0 Å². The number of hydrogen-bond donors (Lipinski definition) is 1. The Kier molecular flexibility index (Phi) is 8.62. The molecule has 4 heterocycles. The number of piperidine rings is 1. The van der Waals surface area contributed by atoms with E-state index in [2.05, 4.69) is 39.2 Å². The number of halogens is 1. The maximum absolute atomic E-state index is 13.0. The van der Waals surface area contributed by atoms with E-state index < -0.39 is 0 Å². The number of likely N-dealkylation sites (tertiary alicyclic amines) is 1. The van der Waals surface area contributed by atoms with Gasteiger partial charge in [0.2, 0.25) is 0 Å². The smallest absolute Gasteiger partial charge is 0.315 e. The maximum atomic E-state index is 13.0. The summed E-state index contributed by atoms with van der Waals surface area (Å²) in [4.78, 5) is 29.6. The molecule has 2 aliphatic heterocycles. The summed E-state index contributed by atoms with van der Waals surface area (Å²) in [5, 5.41) is 11.8. The van der Waals surface area contributed by atoms with Crippen molar-refractivity contribution >= 4 is 29.3 Å². The minimum Gasteiger partial charge on any atom is -0.402 e. The minimum absolute atomic E-state index is 0.0921. The molecule has 1 N–H and O–H groups in total. The number of anilines is 2. The molecule has 10 nitrogen and oxygen atoms in total. The normalized spacial score (nSPS) is 18.9. The van der Waals surface area contributed by atoms with Gasteiger partial charge in [-0.15, -0.1) is 5.10 Å². The fourth-order valence-electron chi connectivity index (χ4n) is 5.66. The lowest BCUT2D eigenvalue weighted by atomic mass is 9.97. The molecular formula is C28H37ClN8O2. The van der Waals surface area contributed by atoms with Crippen LogP contribution >= 0.6 is 11.6 Å². The molecule has 0 radical (unpaired) electrons. The highest BCUT2D eigenvalue weighted by Crippen LogP contribution is 2.28. The van der Waals surface area contributed by atoms with Gasteiger partial charge in [-0.05, 0) is 56.9 Å². The second-order valence-corrected chi connectivity index (χ2v) is 10.5. The van der Waals surface area contributed by atoms with Gasteiger partial charge < -0.3 is 19.5 Å². The number of nitrogens with one attached hydrogen (secondary N) is 1. The van der Waals surface area contributed by atoms with Gasteiger partial charge in [0.05, 0.1) is 11.9 Å². The van der Waals surface area contributed by atoms with Crippen LogP contribution in [0.2, 0.25) is 5.02 Å². The first-order valence-electron chi connectivity index (χ1n) is 14.0. The highest BCUT2D eigenvalue weighted by Gasteiger charge is 2.35. The largest absolute Gasteiger partial charge is 0.402 e. The van der Waals surface area contributed by atoms with Gasteiger partial charge >= 0.3 is 6.01 Å². The van der Waals surface area contributed by atoms with Crippen LogP contribution in [-0.2, 0) is 6.42 Å². The van der Waals surface area contributed by atoms with Crippen molar-refractivity contribution in [3.8, 4) is 11.6 Å². The molecule has 2 aliphatic rings. The molecule has 5 rings (SSSR count). The number of benzene rings is 1. The topological polar surface area (TPSA) is 104 Å². The van der Waals surface area contributed by atoms with E-state index >= 15 is 0 Å². The predicted octanol–water partition coefficient (Wildman–Crippen LogP) is 4.38. The second kappa shape index (κ2) is 12.3. The van der Waals surface area contributed by atoms with Crippen LogP contribution < -0.4 is 10.2 Å². The first-order valence-corrected chi connectivity index (χ1v) is 14.4. The van der Waals surface area contributed by atoms with Crippen LogP contribution in [-0.4, -0.2) is 87.2 Å². The molecular weight excluding hydrogens is 516 g/mol. The van der Waals surface area contributed by atoms with Crippen molar-refractivity contribution in [2.75, 3.05) is 49.5 Å². The number of carbonyl (C=O) groups excluding carboxylic acids is 1. The van der Waals surface area contributed by atoms with Gasteiger partial charge in [0.25, 0.3) is 11.8 Å². The molecule has 2 fully saturated rings. The Morgan fingerprint density at radius 1 is 1.08 bits per heavy atom. The van der Waals surface area contributed by atoms with E-state index in [1.807, 2.05) is 24.0 Å². The van der Waals surface area contributed by atoms with E-state index in [-0.39, 0.29) is 5.91 Å². The molecule has 0 saturated carbocycles. The summed E-state index contributed by atoms with van der Waals surface area (Å²) in [5.74, 6) is 1.40. The number of piperazine rings is 1. The summed E-state index contributed by atoms with van der Waals surface area (Å²) in [6.07, 6.45) is 5.54. The Morgan fingerprint density at radius 2 is 1.85 bits per heavy atom. The summed E-state index contributed by atoms with van der Waals surface area (Å²) in [5.41, 5.74) is 2.24. The molecule has 208 valence electrons. The molecule has 1 atom stereocenters. The summed E-state index contributed by atoms with van der Waals surface area (Å²) in [6.45, 7) is 11.4. The molecule has 2 aromatic heterocycles.